The molecule has 0 amide bonds. The van der Waals surface area contributed by atoms with Crippen molar-refractivity contribution in [1.82, 2.24) is 0 Å². The summed E-state index contributed by atoms with van der Waals surface area (Å²) >= 11 is 0. The number of hydrogen-bond acceptors (Lipinski definition) is 1. The number of fused-ring (bicyclic) bond motifs is 1. The van der Waals surface area contributed by atoms with Gasteiger partial charge in [-0.3, -0.25) is 0 Å². The Morgan fingerprint density at radius 2 is 1.93 bits per heavy atom. The maximum absolute atomic E-state index is 10.0. The summed E-state index contributed by atoms with van der Waals surface area (Å²) in [6, 6.07) is 0. The number of rotatable bonds is 7. The van der Waals surface area contributed by atoms with Gasteiger partial charge in [-0.15, -0.1) is 0 Å². The van der Waals surface area contributed by atoms with Crippen molar-refractivity contribution >= 4 is 0 Å². The van der Waals surface area contributed by atoms with E-state index in [1.54, 1.807) is 5.57 Å². The molecule has 158 valence electrons. The first kappa shape index (κ1) is 21.9. The molecule has 3 rings (SSSR count). The normalized spacial score (nSPS) is 34.8. The molecule has 0 aliphatic heterocycles. The average molecular weight is 385 g/mol. The highest BCUT2D eigenvalue weighted by Gasteiger charge is 2.49. The van der Waals surface area contributed by atoms with Gasteiger partial charge in [0, 0.05) is 0 Å². The van der Waals surface area contributed by atoms with Crippen LogP contribution in [0.25, 0.3) is 0 Å². The van der Waals surface area contributed by atoms with Crippen LogP contribution in [-0.4, -0.2) is 11.2 Å². The van der Waals surface area contributed by atoms with E-state index < -0.39 is 0 Å². The van der Waals surface area contributed by atoms with E-state index in [9.17, 15) is 5.11 Å². The number of allylic oxidation sites excluding steroid dienone is 5. The van der Waals surface area contributed by atoms with Crippen LogP contribution in [0.5, 0.6) is 0 Å². The Hall–Kier alpha value is -0.820. The summed E-state index contributed by atoms with van der Waals surface area (Å²) in [5.74, 6) is 3.32. The third kappa shape index (κ3) is 4.84. The lowest BCUT2D eigenvalue weighted by atomic mass is 9.62. The van der Waals surface area contributed by atoms with Gasteiger partial charge in [0.05, 0.1) is 6.10 Å². The maximum Gasteiger partial charge on any atom is 0.0583 e. The van der Waals surface area contributed by atoms with Crippen molar-refractivity contribution in [3.05, 3.63) is 34.9 Å². The summed E-state index contributed by atoms with van der Waals surface area (Å²) in [6.45, 7) is 12.1. The van der Waals surface area contributed by atoms with E-state index in [0.717, 1.165) is 42.9 Å². The topological polar surface area (TPSA) is 20.2 Å². The highest BCUT2D eigenvalue weighted by atomic mass is 16.3. The van der Waals surface area contributed by atoms with Gasteiger partial charge in [-0.05, 0) is 92.1 Å². The Morgan fingerprint density at radius 3 is 2.68 bits per heavy atom. The van der Waals surface area contributed by atoms with Crippen LogP contribution < -0.4 is 0 Å². The Kier molecular flexibility index (Phi) is 7.29. The van der Waals surface area contributed by atoms with Crippen LogP contribution in [0, 0.1) is 29.1 Å². The fourth-order valence-corrected chi connectivity index (χ4v) is 6.51. The summed E-state index contributed by atoms with van der Waals surface area (Å²) < 4.78 is 0. The van der Waals surface area contributed by atoms with Gasteiger partial charge >= 0.3 is 0 Å². The minimum atomic E-state index is -0.142. The van der Waals surface area contributed by atoms with Crippen LogP contribution in [0.1, 0.15) is 98.8 Å². The molecule has 0 saturated heterocycles. The maximum atomic E-state index is 10.0. The van der Waals surface area contributed by atoms with Gasteiger partial charge in [0.15, 0.2) is 0 Å². The molecule has 1 N–H and O–H groups in total. The fourth-order valence-electron chi connectivity index (χ4n) is 6.51. The zero-order valence-corrected chi connectivity index (χ0v) is 19.1. The molecule has 1 saturated carbocycles. The average Bonchev–Trinajstić information content (AvgIpc) is 2.99. The van der Waals surface area contributed by atoms with Crippen molar-refractivity contribution in [3.63, 3.8) is 0 Å². The van der Waals surface area contributed by atoms with Gasteiger partial charge in [0.2, 0.25) is 0 Å². The van der Waals surface area contributed by atoms with E-state index in [1.807, 2.05) is 0 Å². The SMILES string of the molecule is CC1=C(/C=C\C2=CCC[C@@]3(C)C2CCC3C(C)CCCC(C)C)CC(O)CC1. The quantitative estimate of drug-likeness (QED) is 0.478. The molecule has 0 heterocycles. The highest BCUT2D eigenvalue weighted by Crippen LogP contribution is 2.58. The summed E-state index contributed by atoms with van der Waals surface area (Å²) in [7, 11) is 0. The second-order valence-corrected chi connectivity index (χ2v) is 10.8. The molecule has 3 aliphatic rings. The van der Waals surface area contributed by atoms with Gasteiger partial charge in [0.25, 0.3) is 0 Å². The van der Waals surface area contributed by atoms with Crippen molar-refractivity contribution in [2.45, 2.75) is 105 Å². The molecule has 0 aromatic rings. The van der Waals surface area contributed by atoms with Gasteiger partial charge in [0.1, 0.15) is 0 Å². The summed E-state index contributed by atoms with van der Waals surface area (Å²) in [5, 5.41) is 10.0. The van der Waals surface area contributed by atoms with Crippen molar-refractivity contribution in [3.8, 4) is 0 Å². The second kappa shape index (κ2) is 9.33. The van der Waals surface area contributed by atoms with Crippen molar-refractivity contribution in [1.29, 1.82) is 0 Å². The van der Waals surface area contributed by atoms with Gasteiger partial charge < -0.3 is 5.11 Å². The molecule has 0 aromatic heterocycles. The van der Waals surface area contributed by atoms with Crippen LogP contribution in [0.2, 0.25) is 0 Å². The minimum absolute atomic E-state index is 0.142. The van der Waals surface area contributed by atoms with E-state index >= 15 is 0 Å². The predicted octanol–water partition coefficient (Wildman–Crippen LogP) is 7.62. The highest BCUT2D eigenvalue weighted by molar-refractivity contribution is 5.36. The largest absolute Gasteiger partial charge is 0.393 e. The number of aliphatic hydroxyl groups is 1. The lowest BCUT2D eigenvalue weighted by Gasteiger charge is -2.43. The summed E-state index contributed by atoms with van der Waals surface area (Å²) in [4.78, 5) is 0. The van der Waals surface area contributed by atoms with Crippen LogP contribution in [0.4, 0.5) is 0 Å². The van der Waals surface area contributed by atoms with E-state index in [-0.39, 0.29) is 6.10 Å². The lowest BCUT2D eigenvalue weighted by molar-refractivity contribution is 0.107. The third-order valence-corrected chi connectivity index (χ3v) is 8.34. The Balaban J connectivity index is 1.67. The van der Waals surface area contributed by atoms with Crippen molar-refractivity contribution < 1.29 is 5.11 Å². The molecule has 0 aromatic carbocycles. The van der Waals surface area contributed by atoms with Crippen LogP contribution in [0.15, 0.2) is 34.9 Å². The molecule has 1 nitrogen and oxygen atoms in total. The second-order valence-electron chi connectivity index (χ2n) is 10.8. The number of hydrogen-bond donors (Lipinski definition) is 1. The molecule has 28 heavy (non-hydrogen) atoms. The molecule has 0 spiro atoms. The van der Waals surface area contributed by atoms with E-state index in [2.05, 4.69) is 52.8 Å². The lowest BCUT2D eigenvalue weighted by Crippen LogP contribution is -2.35. The molecular formula is C27H44O. The minimum Gasteiger partial charge on any atom is -0.393 e. The van der Waals surface area contributed by atoms with E-state index in [4.69, 9.17) is 0 Å². The van der Waals surface area contributed by atoms with Crippen molar-refractivity contribution in [2.75, 3.05) is 0 Å². The molecule has 5 atom stereocenters. The first-order valence-electron chi connectivity index (χ1n) is 12.1. The Morgan fingerprint density at radius 1 is 1.14 bits per heavy atom. The molecule has 0 bridgehead atoms. The smallest absolute Gasteiger partial charge is 0.0583 e. The zero-order chi connectivity index (χ0) is 20.3. The Bertz CT molecular complexity index is 622. The Labute approximate surface area is 174 Å². The standard InChI is InChI=1S/C27H44O/c1-19(2)8-6-9-21(4)25-15-16-26-22(10-7-17-27(25,26)5)12-13-23-18-24(28)14-11-20(23)3/h10,12-13,19,21,24-26,28H,6-9,11,14-18H2,1-5H3/b13-12-/t21?,24?,25?,26?,27-/m1/s1. The van der Waals surface area contributed by atoms with Gasteiger partial charge in [-0.2, -0.15) is 0 Å². The van der Waals surface area contributed by atoms with Gasteiger partial charge in [-0.25, -0.2) is 0 Å². The van der Waals surface area contributed by atoms with Gasteiger partial charge in [-0.1, -0.05) is 70.8 Å². The molecule has 0 radical (unpaired) electrons. The fraction of sp³-hybridized carbons (Fsp3) is 0.778. The predicted molar refractivity (Wildman–Crippen MR) is 121 cm³/mol. The third-order valence-electron chi connectivity index (χ3n) is 8.34. The van der Waals surface area contributed by atoms with Crippen LogP contribution >= 0.6 is 0 Å². The molecular weight excluding hydrogens is 340 g/mol. The van der Waals surface area contributed by atoms with Crippen molar-refractivity contribution in [2.24, 2.45) is 29.1 Å². The molecule has 3 aliphatic carbocycles. The monoisotopic (exact) mass is 384 g/mol. The summed E-state index contributed by atoms with van der Waals surface area (Å²) in [6.07, 6.45) is 19.5. The van der Waals surface area contributed by atoms with Crippen LogP contribution in [0.3, 0.4) is 0 Å². The first-order valence-corrected chi connectivity index (χ1v) is 12.1. The van der Waals surface area contributed by atoms with E-state index in [0.29, 0.717) is 5.41 Å². The summed E-state index contributed by atoms with van der Waals surface area (Å²) in [5.41, 5.74) is 4.93. The zero-order valence-electron chi connectivity index (χ0n) is 19.1. The molecule has 4 unspecified atom stereocenters. The van der Waals surface area contributed by atoms with E-state index in [1.165, 1.54) is 56.1 Å². The molecule has 1 fully saturated rings. The molecule has 1 heteroatoms. The number of aliphatic hydroxyl groups excluding tert-OH is 1. The van der Waals surface area contributed by atoms with Crippen LogP contribution in [-0.2, 0) is 0 Å². The first-order chi connectivity index (χ1) is 13.3.